The highest BCUT2D eigenvalue weighted by Gasteiger charge is 2.22. The third-order valence-electron chi connectivity index (χ3n) is 3.48. The van der Waals surface area contributed by atoms with E-state index in [9.17, 15) is 14.3 Å². The molecular formula is C14H19FN2O3. The lowest BCUT2D eigenvalue weighted by molar-refractivity contribution is 0.0757. The number of aliphatic hydroxyl groups excluding tert-OH is 1. The van der Waals surface area contributed by atoms with Crippen molar-refractivity contribution in [3.63, 3.8) is 0 Å². The van der Waals surface area contributed by atoms with Crippen LogP contribution in [0.4, 0.5) is 4.39 Å². The molecule has 5 nitrogen and oxygen atoms in total. The number of benzene rings is 1. The molecule has 0 unspecified atom stereocenters. The Morgan fingerprint density at radius 1 is 1.25 bits per heavy atom. The van der Waals surface area contributed by atoms with Crippen molar-refractivity contribution in [3.8, 4) is 5.75 Å². The molecule has 0 spiro atoms. The van der Waals surface area contributed by atoms with E-state index in [1.807, 2.05) is 0 Å². The first kappa shape index (κ1) is 14.7. The molecule has 6 heteroatoms. The molecule has 1 aliphatic heterocycles. The fourth-order valence-electron chi connectivity index (χ4n) is 2.39. The number of carbonyl (C=O) groups is 1. The molecular weight excluding hydrogens is 263 g/mol. The van der Waals surface area contributed by atoms with Gasteiger partial charge in [-0.3, -0.25) is 9.69 Å². The molecule has 20 heavy (non-hydrogen) atoms. The summed E-state index contributed by atoms with van der Waals surface area (Å²) in [6, 6.07) is 3.38. The van der Waals surface area contributed by atoms with E-state index in [-0.39, 0.29) is 23.8 Å². The van der Waals surface area contributed by atoms with Crippen molar-refractivity contribution in [2.45, 2.75) is 6.42 Å². The van der Waals surface area contributed by atoms with E-state index < -0.39 is 5.82 Å². The van der Waals surface area contributed by atoms with Crippen LogP contribution in [0.15, 0.2) is 18.2 Å². The van der Waals surface area contributed by atoms with E-state index in [1.54, 1.807) is 4.90 Å². The van der Waals surface area contributed by atoms with Crippen molar-refractivity contribution < 1.29 is 19.4 Å². The molecule has 0 aromatic heterocycles. The Hall–Kier alpha value is -1.66. The van der Waals surface area contributed by atoms with Gasteiger partial charge in [0.25, 0.3) is 5.91 Å². The van der Waals surface area contributed by atoms with Crippen LogP contribution < -0.4 is 0 Å². The number of halogens is 1. The normalized spacial score (nSPS) is 17.0. The van der Waals surface area contributed by atoms with Crippen molar-refractivity contribution in [1.82, 2.24) is 9.80 Å². The van der Waals surface area contributed by atoms with Crippen LogP contribution in [0, 0.1) is 5.82 Å². The van der Waals surface area contributed by atoms with E-state index in [0.29, 0.717) is 26.2 Å². The monoisotopic (exact) mass is 282 g/mol. The summed E-state index contributed by atoms with van der Waals surface area (Å²) in [7, 11) is 0. The highest BCUT2D eigenvalue weighted by molar-refractivity contribution is 5.96. The number of phenolic OH excluding ortho intramolecular Hbond substituents is 1. The molecule has 2 rings (SSSR count). The zero-order valence-electron chi connectivity index (χ0n) is 11.3. The van der Waals surface area contributed by atoms with Gasteiger partial charge >= 0.3 is 0 Å². The van der Waals surface area contributed by atoms with Gasteiger partial charge in [0, 0.05) is 26.2 Å². The third kappa shape index (κ3) is 3.46. The van der Waals surface area contributed by atoms with Gasteiger partial charge in [-0.25, -0.2) is 4.39 Å². The van der Waals surface area contributed by atoms with Gasteiger partial charge in [0.05, 0.1) is 12.2 Å². The quantitative estimate of drug-likeness (QED) is 0.855. The molecule has 0 atom stereocenters. The first-order valence-corrected chi connectivity index (χ1v) is 6.73. The molecule has 0 bridgehead atoms. The van der Waals surface area contributed by atoms with Gasteiger partial charge in [-0.2, -0.15) is 0 Å². The van der Waals surface area contributed by atoms with Crippen molar-refractivity contribution in [3.05, 3.63) is 29.6 Å². The molecule has 0 aliphatic carbocycles. The zero-order valence-corrected chi connectivity index (χ0v) is 11.3. The summed E-state index contributed by atoms with van der Waals surface area (Å²) in [5, 5.41) is 18.6. The summed E-state index contributed by atoms with van der Waals surface area (Å²) in [5.41, 5.74) is 0.000563. The van der Waals surface area contributed by atoms with Crippen LogP contribution in [-0.2, 0) is 0 Å². The molecule has 1 aromatic rings. The van der Waals surface area contributed by atoms with Crippen LogP contribution in [0.3, 0.4) is 0 Å². The smallest absolute Gasteiger partial charge is 0.257 e. The number of aliphatic hydroxyl groups is 1. The second-order valence-corrected chi connectivity index (χ2v) is 4.87. The number of β-amino-alcohol motifs (C(OH)–C–C–N with tert-alkyl or cyclic N) is 1. The van der Waals surface area contributed by atoms with E-state index >= 15 is 0 Å². The molecule has 1 aliphatic rings. The Morgan fingerprint density at radius 3 is 2.80 bits per heavy atom. The summed E-state index contributed by atoms with van der Waals surface area (Å²) in [6.45, 7) is 3.25. The number of hydrogen-bond donors (Lipinski definition) is 2. The van der Waals surface area contributed by atoms with Crippen LogP contribution in [0.25, 0.3) is 0 Å². The largest absolute Gasteiger partial charge is 0.507 e. The van der Waals surface area contributed by atoms with Crippen LogP contribution >= 0.6 is 0 Å². The predicted octanol–water partition coefficient (Wildman–Crippen LogP) is 0.671. The molecule has 0 saturated carbocycles. The number of rotatable bonds is 3. The standard InChI is InChI=1S/C14H19FN2O3/c15-11-2-3-13(19)12(10-11)14(20)17-5-1-4-16(6-7-17)8-9-18/h2-3,10,18-19H,1,4-9H2. The van der Waals surface area contributed by atoms with Crippen LogP contribution in [-0.4, -0.2) is 65.3 Å². The number of phenols is 1. The van der Waals surface area contributed by atoms with Crippen molar-refractivity contribution >= 4 is 5.91 Å². The lowest BCUT2D eigenvalue weighted by Gasteiger charge is -2.22. The van der Waals surface area contributed by atoms with Gasteiger partial charge in [-0.05, 0) is 31.2 Å². The summed E-state index contributed by atoms with van der Waals surface area (Å²) >= 11 is 0. The van der Waals surface area contributed by atoms with Gasteiger partial charge in [0.2, 0.25) is 0 Å². The average Bonchev–Trinajstić information content (AvgIpc) is 2.67. The van der Waals surface area contributed by atoms with Crippen LogP contribution in [0.2, 0.25) is 0 Å². The number of carbonyl (C=O) groups excluding carboxylic acids is 1. The zero-order chi connectivity index (χ0) is 14.5. The number of hydrogen-bond acceptors (Lipinski definition) is 4. The second-order valence-electron chi connectivity index (χ2n) is 4.87. The Morgan fingerprint density at radius 2 is 2.05 bits per heavy atom. The molecule has 1 heterocycles. The Balaban J connectivity index is 2.07. The topological polar surface area (TPSA) is 64.0 Å². The van der Waals surface area contributed by atoms with Gasteiger partial charge in [-0.1, -0.05) is 0 Å². The van der Waals surface area contributed by atoms with Crippen molar-refractivity contribution in [1.29, 1.82) is 0 Å². The first-order chi connectivity index (χ1) is 9.61. The average molecular weight is 282 g/mol. The lowest BCUT2D eigenvalue weighted by Crippen LogP contribution is -2.36. The fourth-order valence-corrected chi connectivity index (χ4v) is 2.39. The summed E-state index contributed by atoms with van der Waals surface area (Å²) in [6.07, 6.45) is 0.793. The van der Waals surface area contributed by atoms with Gasteiger partial charge in [0.1, 0.15) is 11.6 Å². The SMILES string of the molecule is O=C(c1cc(F)ccc1O)N1CCCN(CCO)CC1. The summed E-state index contributed by atoms with van der Waals surface area (Å²) in [4.78, 5) is 16.0. The predicted molar refractivity (Wildman–Crippen MR) is 72.1 cm³/mol. The van der Waals surface area contributed by atoms with E-state index in [4.69, 9.17) is 5.11 Å². The highest BCUT2D eigenvalue weighted by atomic mass is 19.1. The summed E-state index contributed by atoms with van der Waals surface area (Å²) < 4.78 is 13.2. The Bertz CT molecular complexity index is 481. The van der Waals surface area contributed by atoms with Gasteiger partial charge in [0.15, 0.2) is 0 Å². The Kier molecular flexibility index (Phi) is 4.92. The van der Waals surface area contributed by atoms with Gasteiger partial charge in [-0.15, -0.1) is 0 Å². The minimum absolute atomic E-state index is 0.000563. The number of amides is 1. The van der Waals surface area contributed by atoms with Crippen molar-refractivity contribution in [2.75, 3.05) is 39.3 Å². The minimum Gasteiger partial charge on any atom is -0.507 e. The molecule has 1 saturated heterocycles. The van der Waals surface area contributed by atoms with Gasteiger partial charge < -0.3 is 15.1 Å². The van der Waals surface area contributed by atoms with Crippen LogP contribution in [0.1, 0.15) is 16.8 Å². The summed E-state index contributed by atoms with van der Waals surface area (Å²) in [5.74, 6) is -1.09. The highest BCUT2D eigenvalue weighted by Crippen LogP contribution is 2.20. The van der Waals surface area contributed by atoms with E-state index in [0.717, 1.165) is 25.1 Å². The molecule has 0 radical (unpaired) electrons. The van der Waals surface area contributed by atoms with E-state index in [2.05, 4.69) is 4.90 Å². The maximum absolute atomic E-state index is 13.2. The number of aromatic hydroxyl groups is 1. The van der Waals surface area contributed by atoms with Crippen LogP contribution in [0.5, 0.6) is 5.75 Å². The third-order valence-corrected chi connectivity index (χ3v) is 3.48. The maximum Gasteiger partial charge on any atom is 0.257 e. The number of nitrogens with zero attached hydrogens (tertiary/aromatic N) is 2. The van der Waals surface area contributed by atoms with E-state index in [1.165, 1.54) is 6.07 Å². The lowest BCUT2D eigenvalue weighted by atomic mass is 10.1. The molecule has 2 N–H and O–H groups in total. The minimum atomic E-state index is -0.539. The molecule has 1 amide bonds. The Labute approximate surface area is 117 Å². The van der Waals surface area contributed by atoms with Crippen molar-refractivity contribution in [2.24, 2.45) is 0 Å². The molecule has 1 fully saturated rings. The molecule has 110 valence electrons. The second kappa shape index (κ2) is 6.67. The fraction of sp³-hybridized carbons (Fsp3) is 0.500. The maximum atomic E-state index is 13.2. The first-order valence-electron chi connectivity index (χ1n) is 6.73. The molecule has 1 aromatic carbocycles.